The topological polar surface area (TPSA) is 90.3 Å². The van der Waals surface area contributed by atoms with Crippen molar-refractivity contribution < 1.29 is 23.2 Å². The summed E-state index contributed by atoms with van der Waals surface area (Å²) in [6.07, 6.45) is 0.0818. The van der Waals surface area contributed by atoms with Crippen molar-refractivity contribution in [1.82, 2.24) is 5.32 Å². The lowest BCUT2D eigenvalue weighted by atomic mass is 10.1. The summed E-state index contributed by atoms with van der Waals surface area (Å²) in [5.41, 5.74) is -0.802. The van der Waals surface area contributed by atoms with Crippen molar-refractivity contribution in [2.45, 2.75) is 6.42 Å². The maximum Gasteiger partial charge on any atom is 0.300 e. The molecule has 1 aromatic carbocycles. The number of halogens is 2. The minimum absolute atomic E-state index is 0.0790. The van der Waals surface area contributed by atoms with E-state index in [4.69, 9.17) is 5.26 Å². The molecule has 0 atom stereocenters. The summed E-state index contributed by atoms with van der Waals surface area (Å²) in [6, 6.07) is 3.14. The van der Waals surface area contributed by atoms with Crippen LogP contribution in [0.1, 0.15) is 16.8 Å². The minimum atomic E-state index is -1.14. The average molecular weight is 293 g/mol. The fourth-order valence-electron chi connectivity index (χ4n) is 1.95. The van der Waals surface area contributed by atoms with Crippen LogP contribution in [0.2, 0.25) is 0 Å². The summed E-state index contributed by atoms with van der Waals surface area (Å²) in [6.45, 7) is -0.471. The number of nitrogens with zero attached hydrogens (tertiary/aromatic N) is 2. The van der Waals surface area contributed by atoms with Crippen LogP contribution in [0.5, 0.6) is 0 Å². The number of carbonyl (C=O) groups excluding carboxylic acids is 3. The summed E-state index contributed by atoms with van der Waals surface area (Å²) in [5, 5.41) is 10.7. The van der Waals surface area contributed by atoms with E-state index in [1.807, 2.05) is 6.07 Å². The fraction of sp³-hybridized carbons (Fsp3) is 0.231. The number of nitriles is 1. The third-order valence-electron chi connectivity index (χ3n) is 2.85. The Kier molecular flexibility index (Phi) is 3.93. The summed E-state index contributed by atoms with van der Waals surface area (Å²) in [5.74, 6) is -4.94. The largest absolute Gasteiger partial charge is 0.354 e. The summed E-state index contributed by atoms with van der Waals surface area (Å²) in [4.78, 5) is 35.7. The van der Waals surface area contributed by atoms with E-state index >= 15 is 0 Å². The van der Waals surface area contributed by atoms with Gasteiger partial charge in [0, 0.05) is 12.6 Å². The highest BCUT2D eigenvalue weighted by Gasteiger charge is 2.39. The van der Waals surface area contributed by atoms with Crippen LogP contribution in [0.15, 0.2) is 12.1 Å². The number of anilines is 1. The number of benzene rings is 1. The van der Waals surface area contributed by atoms with E-state index in [0.29, 0.717) is 11.0 Å². The van der Waals surface area contributed by atoms with Gasteiger partial charge in [0.15, 0.2) is 0 Å². The first-order chi connectivity index (χ1) is 9.95. The van der Waals surface area contributed by atoms with Gasteiger partial charge in [-0.15, -0.1) is 0 Å². The zero-order valence-electron chi connectivity index (χ0n) is 10.7. The lowest BCUT2D eigenvalue weighted by Gasteiger charge is -2.15. The van der Waals surface area contributed by atoms with E-state index < -0.39 is 41.3 Å². The predicted octanol–water partition coefficient (Wildman–Crippen LogP) is 0.524. The third kappa shape index (κ3) is 2.72. The molecule has 1 aromatic rings. The van der Waals surface area contributed by atoms with Gasteiger partial charge in [-0.3, -0.25) is 19.3 Å². The molecule has 108 valence electrons. The number of fused-ring (bicyclic) bond motifs is 1. The molecule has 21 heavy (non-hydrogen) atoms. The van der Waals surface area contributed by atoms with Crippen LogP contribution >= 0.6 is 0 Å². The first-order valence-corrected chi connectivity index (χ1v) is 5.94. The van der Waals surface area contributed by atoms with E-state index in [0.717, 1.165) is 6.07 Å². The number of rotatable bonds is 4. The number of Topliss-reactive ketones (excluding diaryl/α,β-unsaturated/α-hetero) is 1. The van der Waals surface area contributed by atoms with Gasteiger partial charge < -0.3 is 5.32 Å². The zero-order valence-corrected chi connectivity index (χ0v) is 10.7. The maximum absolute atomic E-state index is 13.6. The van der Waals surface area contributed by atoms with Gasteiger partial charge >= 0.3 is 0 Å². The van der Waals surface area contributed by atoms with Crippen LogP contribution in [0.4, 0.5) is 14.5 Å². The molecular weight excluding hydrogens is 284 g/mol. The van der Waals surface area contributed by atoms with E-state index in [1.165, 1.54) is 0 Å². The first-order valence-electron chi connectivity index (χ1n) is 5.94. The Balaban J connectivity index is 2.23. The van der Waals surface area contributed by atoms with Gasteiger partial charge in [-0.2, -0.15) is 5.26 Å². The van der Waals surface area contributed by atoms with E-state index in [1.54, 1.807) is 0 Å². The van der Waals surface area contributed by atoms with Crippen molar-refractivity contribution in [3.05, 3.63) is 29.3 Å². The molecule has 0 saturated carbocycles. The van der Waals surface area contributed by atoms with Crippen molar-refractivity contribution in [2.75, 3.05) is 18.0 Å². The molecule has 0 radical (unpaired) electrons. The molecule has 1 aliphatic heterocycles. The fourth-order valence-corrected chi connectivity index (χ4v) is 1.95. The number of hydrogen-bond donors (Lipinski definition) is 1. The van der Waals surface area contributed by atoms with E-state index in [-0.39, 0.29) is 18.7 Å². The molecule has 1 N–H and O–H groups in total. The quantitative estimate of drug-likeness (QED) is 0.647. The smallest absolute Gasteiger partial charge is 0.300 e. The molecule has 2 amide bonds. The molecule has 0 unspecified atom stereocenters. The molecule has 0 aliphatic carbocycles. The first kappa shape index (κ1) is 14.6. The molecule has 6 nitrogen and oxygen atoms in total. The molecule has 8 heteroatoms. The second-order valence-corrected chi connectivity index (χ2v) is 4.26. The van der Waals surface area contributed by atoms with Crippen LogP contribution in [0.25, 0.3) is 0 Å². The molecule has 0 aromatic heterocycles. The van der Waals surface area contributed by atoms with Crippen LogP contribution in [0.3, 0.4) is 0 Å². The van der Waals surface area contributed by atoms with Gasteiger partial charge in [0.05, 0.1) is 23.7 Å². The minimum Gasteiger partial charge on any atom is -0.354 e. The monoisotopic (exact) mass is 293 g/mol. The van der Waals surface area contributed by atoms with Crippen LogP contribution in [-0.2, 0) is 9.59 Å². The molecule has 1 heterocycles. The van der Waals surface area contributed by atoms with Gasteiger partial charge in [-0.1, -0.05) is 0 Å². The van der Waals surface area contributed by atoms with Gasteiger partial charge in [0.2, 0.25) is 5.91 Å². The lowest BCUT2D eigenvalue weighted by Crippen LogP contribution is -2.40. The maximum atomic E-state index is 13.6. The van der Waals surface area contributed by atoms with Crippen molar-refractivity contribution in [3.8, 4) is 6.07 Å². The summed E-state index contributed by atoms with van der Waals surface area (Å²) >= 11 is 0. The molecule has 0 spiro atoms. The molecule has 0 saturated heterocycles. The highest BCUT2D eigenvalue weighted by Crippen LogP contribution is 2.31. The molecule has 0 bridgehead atoms. The Morgan fingerprint density at radius 3 is 2.71 bits per heavy atom. The highest BCUT2D eigenvalue weighted by molar-refractivity contribution is 6.52. The predicted molar refractivity (Wildman–Crippen MR) is 66.3 cm³/mol. The Hall–Kier alpha value is -2.82. The normalized spacial score (nSPS) is 13.1. The van der Waals surface area contributed by atoms with E-state index in [2.05, 4.69) is 5.32 Å². The Bertz CT molecular complexity index is 682. The highest BCUT2D eigenvalue weighted by atomic mass is 19.1. The SMILES string of the molecule is N#CCCNC(=O)CN1C(=O)C(=O)c2c(F)cc(F)cc21. The number of ketones is 1. The van der Waals surface area contributed by atoms with Gasteiger partial charge in [-0.05, 0) is 6.07 Å². The number of nitrogens with one attached hydrogen (secondary N) is 1. The van der Waals surface area contributed by atoms with Crippen LogP contribution in [-0.4, -0.2) is 30.7 Å². The van der Waals surface area contributed by atoms with E-state index in [9.17, 15) is 23.2 Å². The lowest BCUT2D eigenvalue weighted by molar-refractivity contribution is -0.122. The molecular formula is C13H9F2N3O3. The Morgan fingerprint density at radius 1 is 1.33 bits per heavy atom. The second kappa shape index (κ2) is 5.66. The van der Waals surface area contributed by atoms with Gasteiger partial charge in [0.25, 0.3) is 11.7 Å². The van der Waals surface area contributed by atoms with Crippen LogP contribution < -0.4 is 10.2 Å². The Labute approximate surface area is 117 Å². The molecule has 0 fully saturated rings. The van der Waals surface area contributed by atoms with Gasteiger partial charge in [0.1, 0.15) is 18.2 Å². The number of amides is 2. The van der Waals surface area contributed by atoms with Gasteiger partial charge in [-0.25, -0.2) is 8.78 Å². The summed E-state index contributed by atoms with van der Waals surface area (Å²) < 4.78 is 26.8. The van der Waals surface area contributed by atoms with Crippen molar-refractivity contribution in [2.24, 2.45) is 0 Å². The van der Waals surface area contributed by atoms with Crippen LogP contribution in [0, 0.1) is 23.0 Å². The standard InChI is InChI=1S/C13H9F2N3O3/c14-7-4-8(15)11-9(5-7)18(13(21)12(11)20)6-10(19)17-3-1-2-16/h4-5H,1,3,6H2,(H,17,19). The Morgan fingerprint density at radius 2 is 2.05 bits per heavy atom. The zero-order chi connectivity index (χ0) is 15.6. The average Bonchev–Trinajstić information content (AvgIpc) is 2.64. The van der Waals surface area contributed by atoms with Crippen molar-refractivity contribution >= 4 is 23.3 Å². The second-order valence-electron chi connectivity index (χ2n) is 4.26. The summed E-state index contributed by atoms with van der Waals surface area (Å²) in [7, 11) is 0. The number of hydrogen-bond acceptors (Lipinski definition) is 4. The number of carbonyl (C=O) groups is 3. The molecule has 1 aliphatic rings. The third-order valence-corrected chi connectivity index (χ3v) is 2.85. The van der Waals surface area contributed by atoms with Crippen molar-refractivity contribution in [3.63, 3.8) is 0 Å². The van der Waals surface area contributed by atoms with Crippen molar-refractivity contribution in [1.29, 1.82) is 5.26 Å². The molecule has 2 rings (SSSR count).